The Morgan fingerprint density at radius 1 is 1.20 bits per heavy atom. The molecule has 0 saturated carbocycles. The smallest absolute Gasteiger partial charge is 0.131 e. The van der Waals surface area contributed by atoms with E-state index in [1.165, 1.54) is 12.1 Å². The zero-order chi connectivity index (χ0) is 14.7. The molecule has 0 fully saturated rings. The Balaban J connectivity index is 2.23. The van der Waals surface area contributed by atoms with Crippen LogP contribution in [0.1, 0.15) is 11.1 Å². The minimum Gasteiger partial charge on any atom is -0.488 e. The third-order valence-electron chi connectivity index (χ3n) is 2.62. The zero-order valence-corrected chi connectivity index (χ0v) is 12.5. The van der Waals surface area contributed by atoms with Crippen LogP contribution in [-0.2, 0) is 6.61 Å². The summed E-state index contributed by atoms with van der Waals surface area (Å²) in [4.78, 5) is 0.149. The van der Waals surface area contributed by atoms with Crippen LogP contribution in [0.2, 0.25) is 10.0 Å². The lowest BCUT2D eigenvalue weighted by molar-refractivity contribution is 0.305. The van der Waals surface area contributed by atoms with Gasteiger partial charge in [0.05, 0.1) is 15.6 Å². The summed E-state index contributed by atoms with van der Waals surface area (Å²) in [5.74, 6) is 0.0655. The van der Waals surface area contributed by atoms with E-state index in [4.69, 9.17) is 45.9 Å². The van der Waals surface area contributed by atoms with Gasteiger partial charge in [0.15, 0.2) is 0 Å². The molecule has 0 aliphatic heterocycles. The van der Waals surface area contributed by atoms with Crippen molar-refractivity contribution in [3.05, 3.63) is 63.4 Å². The van der Waals surface area contributed by atoms with Gasteiger partial charge >= 0.3 is 0 Å². The first kappa shape index (κ1) is 15.0. The minimum atomic E-state index is -0.398. The number of rotatable bonds is 4. The van der Waals surface area contributed by atoms with Gasteiger partial charge < -0.3 is 10.5 Å². The third-order valence-corrected chi connectivity index (χ3v) is 3.49. The molecule has 2 aromatic rings. The maximum atomic E-state index is 13.0. The van der Waals surface area contributed by atoms with Crippen LogP contribution < -0.4 is 10.5 Å². The Morgan fingerprint density at radius 2 is 1.95 bits per heavy atom. The zero-order valence-electron chi connectivity index (χ0n) is 10.2. The molecular formula is C14H10Cl2FNOS. The van der Waals surface area contributed by atoms with E-state index in [-0.39, 0.29) is 11.6 Å². The van der Waals surface area contributed by atoms with Crippen molar-refractivity contribution in [2.45, 2.75) is 6.61 Å². The van der Waals surface area contributed by atoms with E-state index in [2.05, 4.69) is 0 Å². The average Bonchev–Trinajstić information content (AvgIpc) is 2.37. The normalized spacial score (nSPS) is 10.3. The summed E-state index contributed by atoms with van der Waals surface area (Å²) < 4.78 is 18.6. The standard InChI is InChI=1S/C14H10Cl2FNOS/c15-10-2-1-3-12(13(10)14(18)20)19-7-8-4-5-9(17)6-11(8)16/h1-6H,7H2,(H2,18,20). The molecule has 0 heterocycles. The molecule has 0 radical (unpaired) electrons. The summed E-state index contributed by atoms with van der Waals surface area (Å²) in [7, 11) is 0. The van der Waals surface area contributed by atoms with Gasteiger partial charge in [-0.25, -0.2) is 4.39 Å². The van der Waals surface area contributed by atoms with Gasteiger partial charge in [-0.05, 0) is 24.3 Å². The van der Waals surface area contributed by atoms with E-state index in [1.807, 2.05) is 0 Å². The fourth-order valence-electron chi connectivity index (χ4n) is 1.66. The fraction of sp³-hybridized carbons (Fsp3) is 0.0714. The highest BCUT2D eigenvalue weighted by molar-refractivity contribution is 7.80. The number of ether oxygens (including phenoxy) is 1. The monoisotopic (exact) mass is 329 g/mol. The maximum Gasteiger partial charge on any atom is 0.131 e. The lowest BCUT2D eigenvalue weighted by Crippen LogP contribution is -2.12. The van der Waals surface area contributed by atoms with Crippen molar-refractivity contribution in [3.63, 3.8) is 0 Å². The number of benzene rings is 2. The van der Waals surface area contributed by atoms with Crippen molar-refractivity contribution in [1.29, 1.82) is 0 Å². The van der Waals surface area contributed by atoms with Gasteiger partial charge in [0.1, 0.15) is 23.2 Å². The molecule has 0 saturated heterocycles. The second-order valence-corrected chi connectivity index (χ2v) is 5.26. The number of thiocarbonyl (C=S) groups is 1. The van der Waals surface area contributed by atoms with Crippen molar-refractivity contribution in [2.75, 3.05) is 0 Å². The molecule has 0 aliphatic carbocycles. The van der Waals surface area contributed by atoms with Gasteiger partial charge in [0.25, 0.3) is 0 Å². The van der Waals surface area contributed by atoms with E-state index < -0.39 is 5.82 Å². The molecule has 20 heavy (non-hydrogen) atoms. The van der Waals surface area contributed by atoms with E-state index in [0.29, 0.717) is 26.9 Å². The topological polar surface area (TPSA) is 35.2 Å². The average molecular weight is 330 g/mol. The molecule has 0 aliphatic rings. The maximum absolute atomic E-state index is 13.0. The number of halogens is 3. The summed E-state index contributed by atoms with van der Waals surface area (Å²) >= 11 is 16.9. The first-order valence-corrected chi connectivity index (χ1v) is 6.80. The molecule has 0 atom stereocenters. The molecule has 0 aromatic heterocycles. The molecule has 2 aromatic carbocycles. The number of nitrogens with two attached hydrogens (primary N) is 1. The van der Waals surface area contributed by atoms with Gasteiger partial charge in [-0.15, -0.1) is 0 Å². The number of hydrogen-bond acceptors (Lipinski definition) is 2. The van der Waals surface area contributed by atoms with Crippen LogP contribution in [0, 0.1) is 5.82 Å². The second kappa shape index (κ2) is 6.39. The van der Waals surface area contributed by atoms with Gasteiger partial charge in [-0.3, -0.25) is 0 Å². The van der Waals surface area contributed by atoms with Crippen LogP contribution in [0.4, 0.5) is 4.39 Å². The predicted molar refractivity (Wildman–Crippen MR) is 83.1 cm³/mol. The first-order valence-electron chi connectivity index (χ1n) is 5.64. The van der Waals surface area contributed by atoms with E-state index in [9.17, 15) is 4.39 Å². The molecule has 2 rings (SSSR count). The van der Waals surface area contributed by atoms with Gasteiger partial charge in [0.2, 0.25) is 0 Å². The molecule has 0 spiro atoms. The van der Waals surface area contributed by atoms with Crippen LogP contribution in [-0.4, -0.2) is 4.99 Å². The van der Waals surface area contributed by atoms with Crippen LogP contribution >= 0.6 is 35.4 Å². The van der Waals surface area contributed by atoms with E-state index in [0.717, 1.165) is 0 Å². The van der Waals surface area contributed by atoms with Gasteiger partial charge in [-0.2, -0.15) is 0 Å². The molecule has 0 bridgehead atoms. The van der Waals surface area contributed by atoms with E-state index >= 15 is 0 Å². The minimum absolute atomic E-state index is 0.149. The Bertz CT molecular complexity index is 664. The Hall–Kier alpha value is -1.36. The lowest BCUT2D eigenvalue weighted by Gasteiger charge is -2.12. The van der Waals surface area contributed by atoms with Crippen LogP contribution in [0.15, 0.2) is 36.4 Å². The predicted octanol–water partition coefficient (Wildman–Crippen LogP) is 4.35. The van der Waals surface area contributed by atoms with Crippen LogP contribution in [0.5, 0.6) is 5.75 Å². The highest BCUT2D eigenvalue weighted by Crippen LogP contribution is 2.28. The van der Waals surface area contributed by atoms with Crippen molar-refractivity contribution >= 4 is 40.4 Å². The molecule has 0 unspecified atom stereocenters. The molecule has 0 amide bonds. The summed E-state index contributed by atoms with van der Waals surface area (Å²) in [6.45, 7) is 0.162. The Kier molecular flexibility index (Phi) is 4.81. The van der Waals surface area contributed by atoms with Crippen molar-refractivity contribution in [1.82, 2.24) is 0 Å². The second-order valence-electron chi connectivity index (χ2n) is 4.00. The fourth-order valence-corrected chi connectivity index (χ4v) is 2.41. The van der Waals surface area contributed by atoms with Crippen molar-refractivity contribution in [2.24, 2.45) is 5.73 Å². The van der Waals surface area contributed by atoms with Gasteiger partial charge in [0, 0.05) is 5.56 Å². The SMILES string of the molecule is NC(=S)c1c(Cl)cccc1OCc1ccc(F)cc1Cl. The molecular weight excluding hydrogens is 320 g/mol. The quantitative estimate of drug-likeness (QED) is 0.847. The molecule has 2 N–H and O–H groups in total. The van der Waals surface area contributed by atoms with Crippen LogP contribution in [0.3, 0.4) is 0 Å². The molecule has 2 nitrogen and oxygen atoms in total. The summed E-state index contributed by atoms with van der Waals surface area (Å²) in [6, 6.07) is 9.21. The van der Waals surface area contributed by atoms with Gasteiger partial charge in [-0.1, -0.05) is 47.6 Å². The highest BCUT2D eigenvalue weighted by Gasteiger charge is 2.12. The first-order chi connectivity index (χ1) is 9.49. The Morgan fingerprint density at radius 3 is 2.60 bits per heavy atom. The Labute approximate surface area is 131 Å². The largest absolute Gasteiger partial charge is 0.488 e. The summed E-state index contributed by atoms with van der Waals surface area (Å²) in [6.07, 6.45) is 0. The lowest BCUT2D eigenvalue weighted by atomic mass is 10.2. The molecule has 6 heteroatoms. The van der Waals surface area contributed by atoms with Crippen LogP contribution in [0.25, 0.3) is 0 Å². The van der Waals surface area contributed by atoms with Crippen molar-refractivity contribution in [3.8, 4) is 5.75 Å². The van der Waals surface area contributed by atoms with E-state index in [1.54, 1.807) is 24.3 Å². The summed E-state index contributed by atoms with van der Waals surface area (Å²) in [5.41, 5.74) is 6.75. The number of hydrogen-bond donors (Lipinski definition) is 1. The highest BCUT2D eigenvalue weighted by atomic mass is 35.5. The third kappa shape index (κ3) is 3.39. The van der Waals surface area contributed by atoms with Crippen molar-refractivity contribution < 1.29 is 9.13 Å². The molecule has 104 valence electrons. The summed E-state index contributed by atoms with van der Waals surface area (Å²) in [5, 5.41) is 0.712.